The summed E-state index contributed by atoms with van der Waals surface area (Å²) < 4.78 is 1.51. The summed E-state index contributed by atoms with van der Waals surface area (Å²) in [5.41, 5.74) is 0.542. The van der Waals surface area contributed by atoms with E-state index in [2.05, 4.69) is 10.4 Å². The van der Waals surface area contributed by atoms with Crippen LogP contribution in [0.1, 0.15) is 45.2 Å². The number of nitro groups is 1. The molecule has 7 nitrogen and oxygen atoms in total. The highest BCUT2D eigenvalue weighted by Gasteiger charge is 2.28. The number of rotatable bonds is 7. The number of aliphatic hydroxyl groups is 1. The Hall–Kier alpha value is -1.63. The molecular weight excluding hydrogens is 248 g/mol. The first-order valence-electron chi connectivity index (χ1n) is 6.47. The molecule has 0 amide bonds. The van der Waals surface area contributed by atoms with Crippen LogP contribution in [0, 0.1) is 10.1 Å². The van der Waals surface area contributed by atoms with E-state index < -0.39 is 0 Å². The summed E-state index contributed by atoms with van der Waals surface area (Å²) in [4.78, 5) is 10.8. The van der Waals surface area contributed by atoms with Crippen LogP contribution in [0.4, 0.5) is 11.5 Å². The molecule has 0 fully saturated rings. The van der Waals surface area contributed by atoms with Gasteiger partial charge >= 0.3 is 5.69 Å². The van der Waals surface area contributed by atoms with Gasteiger partial charge in [0.15, 0.2) is 0 Å². The number of hydrogen-bond acceptors (Lipinski definition) is 5. The third kappa shape index (κ3) is 3.92. The summed E-state index contributed by atoms with van der Waals surface area (Å²) >= 11 is 0. The minimum Gasteiger partial charge on any atom is -0.393 e. The predicted molar refractivity (Wildman–Crippen MR) is 73.4 cm³/mol. The molecule has 0 saturated carbocycles. The standard InChI is InChI=1S/C12H22N4O3/c1-8(2)10-11(16(18)19)12(15(4)14-10)13-7-5-6-9(3)17/h8-9,13,17H,5-7H2,1-4H3. The molecule has 1 unspecified atom stereocenters. The van der Waals surface area contributed by atoms with Crippen LogP contribution in [0.2, 0.25) is 0 Å². The molecule has 7 heteroatoms. The van der Waals surface area contributed by atoms with Crippen molar-refractivity contribution in [2.45, 2.75) is 45.6 Å². The molecule has 1 aromatic rings. The molecule has 0 aliphatic carbocycles. The zero-order valence-corrected chi connectivity index (χ0v) is 11.9. The quantitative estimate of drug-likeness (QED) is 0.449. The Labute approximate surface area is 112 Å². The highest BCUT2D eigenvalue weighted by Crippen LogP contribution is 2.32. The Morgan fingerprint density at radius 2 is 2.11 bits per heavy atom. The molecule has 1 atom stereocenters. The van der Waals surface area contributed by atoms with E-state index in [9.17, 15) is 15.2 Å². The van der Waals surface area contributed by atoms with Crippen LogP contribution in [-0.4, -0.2) is 32.5 Å². The van der Waals surface area contributed by atoms with E-state index in [0.29, 0.717) is 24.5 Å². The molecule has 0 aliphatic rings. The fourth-order valence-corrected chi connectivity index (χ4v) is 1.90. The smallest absolute Gasteiger partial charge is 0.334 e. The van der Waals surface area contributed by atoms with Crippen molar-refractivity contribution in [3.8, 4) is 0 Å². The number of aryl methyl sites for hydroxylation is 1. The topological polar surface area (TPSA) is 93.2 Å². The lowest BCUT2D eigenvalue weighted by molar-refractivity contribution is -0.384. The SMILES string of the molecule is CC(O)CCCNc1c([N+](=O)[O-])c(C(C)C)nn1C. The Balaban J connectivity index is 2.84. The lowest BCUT2D eigenvalue weighted by atomic mass is 10.1. The summed E-state index contributed by atoms with van der Waals surface area (Å²) in [5.74, 6) is 0.430. The molecule has 2 N–H and O–H groups in total. The highest BCUT2D eigenvalue weighted by molar-refractivity contribution is 5.60. The van der Waals surface area contributed by atoms with E-state index in [4.69, 9.17) is 0 Å². The normalized spacial score (nSPS) is 12.7. The summed E-state index contributed by atoms with van der Waals surface area (Å²) in [6.45, 7) is 6.06. The van der Waals surface area contributed by atoms with E-state index in [1.807, 2.05) is 13.8 Å². The molecule has 0 radical (unpaired) electrons. The maximum Gasteiger partial charge on any atom is 0.334 e. The lowest BCUT2D eigenvalue weighted by Crippen LogP contribution is -2.10. The monoisotopic (exact) mass is 270 g/mol. The number of nitrogens with zero attached hydrogens (tertiary/aromatic N) is 3. The van der Waals surface area contributed by atoms with Crippen LogP contribution in [-0.2, 0) is 7.05 Å². The van der Waals surface area contributed by atoms with Gasteiger partial charge in [-0.1, -0.05) is 13.8 Å². The van der Waals surface area contributed by atoms with Crippen LogP contribution in [0.15, 0.2) is 0 Å². The molecule has 19 heavy (non-hydrogen) atoms. The Kier molecular flexibility index (Phi) is 5.29. The Bertz CT molecular complexity index is 440. The Morgan fingerprint density at radius 1 is 1.47 bits per heavy atom. The van der Waals surface area contributed by atoms with Crippen molar-refractivity contribution in [1.82, 2.24) is 9.78 Å². The number of aromatic nitrogens is 2. The van der Waals surface area contributed by atoms with Crippen molar-refractivity contribution in [2.24, 2.45) is 7.05 Å². The van der Waals surface area contributed by atoms with Crippen LogP contribution in [0.25, 0.3) is 0 Å². The number of hydrogen-bond donors (Lipinski definition) is 2. The third-order valence-corrected chi connectivity index (χ3v) is 2.87. The zero-order chi connectivity index (χ0) is 14.6. The van der Waals surface area contributed by atoms with Gasteiger partial charge in [-0.15, -0.1) is 0 Å². The zero-order valence-electron chi connectivity index (χ0n) is 11.9. The van der Waals surface area contributed by atoms with Crippen molar-refractivity contribution in [1.29, 1.82) is 0 Å². The van der Waals surface area contributed by atoms with Gasteiger partial charge in [-0.2, -0.15) is 5.10 Å². The fourth-order valence-electron chi connectivity index (χ4n) is 1.90. The molecule has 0 spiro atoms. The third-order valence-electron chi connectivity index (χ3n) is 2.87. The van der Waals surface area contributed by atoms with E-state index in [-0.39, 0.29) is 22.6 Å². The van der Waals surface area contributed by atoms with Crippen LogP contribution >= 0.6 is 0 Å². The van der Waals surface area contributed by atoms with Crippen molar-refractivity contribution in [2.75, 3.05) is 11.9 Å². The summed E-state index contributed by atoms with van der Waals surface area (Å²) in [6.07, 6.45) is 1.06. The van der Waals surface area contributed by atoms with Crippen LogP contribution < -0.4 is 5.32 Å². The van der Waals surface area contributed by atoms with Crippen LogP contribution in [0.5, 0.6) is 0 Å². The molecule has 108 valence electrons. The minimum absolute atomic E-state index is 0.000357. The fraction of sp³-hybridized carbons (Fsp3) is 0.750. The maximum absolute atomic E-state index is 11.2. The van der Waals surface area contributed by atoms with Gasteiger partial charge in [-0.3, -0.25) is 10.1 Å². The van der Waals surface area contributed by atoms with Gasteiger partial charge in [0.1, 0.15) is 5.69 Å². The van der Waals surface area contributed by atoms with Crippen LogP contribution in [0.3, 0.4) is 0 Å². The van der Waals surface area contributed by atoms with Crippen molar-refractivity contribution in [3.63, 3.8) is 0 Å². The lowest BCUT2D eigenvalue weighted by Gasteiger charge is -2.07. The van der Waals surface area contributed by atoms with E-state index in [1.165, 1.54) is 4.68 Å². The van der Waals surface area contributed by atoms with Gasteiger partial charge < -0.3 is 10.4 Å². The summed E-state index contributed by atoms with van der Waals surface area (Å²) in [7, 11) is 1.69. The van der Waals surface area contributed by atoms with Crippen molar-refractivity contribution < 1.29 is 10.0 Å². The van der Waals surface area contributed by atoms with Gasteiger partial charge in [0, 0.05) is 19.5 Å². The Morgan fingerprint density at radius 3 is 2.58 bits per heavy atom. The average Bonchev–Trinajstić information content (AvgIpc) is 2.62. The van der Waals surface area contributed by atoms with E-state index in [0.717, 1.165) is 6.42 Å². The van der Waals surface area contributed by atoms with Gasteiger partial charge in [0.05, 0.1) is 11.0 Å². The molecule has 0 saturated heterocycles. The maximum atomic E-state index is 11.2. The first-order valence-corrected chi connectivity index (χ1v) is 6.47. The largest absolute Gasteiger partial charge is 0.393 e. The molecule has 1 aromatic heterocycles. The first-order chi connectivity index (χ1) is 8.84. The van der Waals surface area contributed by atoms with Gasteiger partial charge in [-0.05, 0) is 19.8 Å². The second-order valence-electron chi connectivity index (χ2n) is 5.04. The van der Waals surface area contributed by atoms with Gasteiger partial charge in [-0.25, -0.2) is 4.68 Å². The minimum atomic E-state index is -0.390. The highest BCUT2D eigenvalue weighted by atomic mass is 16.6. The molecule has 0 aromatic carbocycles. The second kappa shape index (κ2) is 6.51. The molecule has 1 rings (SSSR count). The van der Waals surface area contributed by atoms with E-state index >= 15 is 0 Å². The molecular formula is C12H22N4O3. The van der Waals surface area contributed by atoms with Gasteiger partial charge in [0.25, 0.3) is 0 Å². The van der Waals surface area contributed by atoms with Gasteiger partial charge in [0.2, 0.25) is 5.82 Å². The summed E-state index contributed by atoms with van der Waals surface area (Å²) in [5, 5.41) is 27.6. The van der Waals surface area contributed by atoms with Crippen molar-refractivity contribution >= 4 is 11.5 Å². The molecule has 0 bridgehead atoms. The summed E-state index contributed by atoms with van der Waals surface area (Å²) in [6, 6.07) is 0. The average molecular weight is 270 g/mol. The number of aliphatic hydroxyl groups excluding tert-OH is 1. The second-order valence-corrected chi connectivity index (χ2v) is 5.04. The number of anilines is 1. The first kappa shape index (κ1) is 15.4. The number of nitrogens with one attached hydrogen (secondary N) is 1. The molecule has 1 heterocycles. The molecule has 0 aliphatic heterocycles. The van der Waals surface area contributed by atoms with E-state index in [1.54, 1.807) is 14.0 Å². The van der Waals surface area contributed by atoms with Crippen molar-refractivity contribution in [3.05, 3.63) is 15.8 Å². The predicted octanol–water partition coefficient (Wildman–Crippen LogP) is 2.02.